The standard InChI is InChI=1S/C20H24FN3O2.C7H8F3NO2/c1-5-23-20(24-16-8-6-15(22-3)7-9-16)19-14(2)12-17(13-18(19)21)26-11-10-25-4;8-7(9,10)6(2-3-6)11-5(13)1-4-12/h5-9,12-13,22,24H,2,10-11H2,1,3-4H3;4H,1-3H2,(H,11,13)/b20-19-,23-5-;. The van der Waals surface area contributed by atoms with E-state index in [4.69, 9.17) is 9.47 Å². The van der Waals surface area contributed by atoms with Crippen molar-refractivity contribution >= 4 is 42.2 Å². The molecule has 0 aliphatic heterocycles. The van der Waals surface area contributed by atoms with Crippen LogP contribution in [0.4, 0.5) is 28.9 Å². The zero-order valence-corrected chi connectivity index (χ0v) is 22.0. The SMILES string of the molecule is C=c1cc(OCCOC)cc(F)/c1=C(/N=C\C)Nc1ccc(NC)cc1.O=CCC(=O)NC1(C(F)(F)F)CC1. The van der Waals surface area contributed by atoms with Gasteiger partial charge >= 0.3 is 6.18 Å². The summed E-state index contributed by atoms with van der Waals surface area (Å²) in [6.07, 6.45) is -3.24. The molecule has 39 heavy (non-hydrogen) atoms. The summed E-state index contributed by atoms with van der Waals surface area (Å²) < 4.78 is 61.7. The topological polar surface area (TPSA) is 101 Å². The van der Waals surface area contributed by atoms with Gasteiger partial charge in [0.25, 0.3) is 0 Å². The van der Waals surface area contributed by atoms with Gasteiger partial charge in [-0.05, 0) is 55.3 Å². The molecule has 1 fully saturated rings. The third-order valence-corrected chi connectivity index (χ3v) is 5.57. The highest BCUT2D eigenvalue weighted by molar-refractivity contribution is 5.88. The summed E-state index contributed by atoms with van der Waals surface area (Å²) in [6.45, 7) is 6.49. The van der Waals surface area contributed by atoms with Crippen LogP contribution in [0.1, 0.15) is 26.2 Å². The molecule has 0 atom stereocenters. The molecule has 8 nitrogen and oxygen atoms in total. The second kappa shape index (κ2) is 14.3. The summed E-state index contributed by atoms with van der Waals surface area (Å²) in [5.41, 5.74) is -0.269. The molecule has 0 spiro atoms. The number of ether oxygens (including phenoxy) is 2. The van der Waals surface area contributed by atoms with Crippen molar-refractivity contribution in [2.24, 2.45) is 4.99 Å². The molecule has 0 saturated heterocycles. The average Bonchev–Trinajstić information content (AvgIpc) is 3.66. The predicted molar refractivity (Wildman–Crippen MR) is 143 cm³/mol. The molecule has 12 heteroatoms. The van der Waals surface area contributed by atoms with E-state index in [1.54, 1.807) is 26.3 Å². The number of methoxy groups -OCH3 is 1. The molecule has 3 rings (SSSR count). The van der Waals surface area contributed by atoms with E-state index in [9.17, 15) is 27.2 Å². The van der Waals surface area contributed by atoms with E-state index >= 15 is 0 Å². The lowest BCUT2D eigenvalue weighted by Gasteiger charge is -2.19. The van der Waals surface area contributed by atoms with Gasteiger partial charge in [-0.25, -0.2) is 9.38 Å². The maximum absolute atomic E-state index is 14.7. The van der Waals surface area contributed by atoms with Crippen LogP contribution in [0.5, 0.6) is 5.75 Å². The molecule has 0 unspecified atom stereocenters. The molecule has 2 aromatic carbocycles. The number of benzene rings is 2. The Morgan fingerprint density at radius 1 is 1.15 bits per heavy atom. The lowest BCUT2D eigenvalue weighted by Crippen LogP contribution is -2.47. The summed E-state index contributed by atoms with van der Waals surface area (Å²) in [5.74, 6) is -0.531. The van der Waals surface area contributed by atoms with Gasteiger partial charge in [-0.2, -0.15) is 13.2 Å². The first-order valence-corrected chi connectivity index (χ1v) is 12.0. The number of halogens is 4. The first-order chi connectivity index (χ1) is 18.5. The summed E-state index contributed by atoms with van der Waals surface area (Å²) in [6, 6.07) is 10.6. The number of aliphatic imine (C=N–C) groups is 1. The van der Waals surface area contributed by atoms with Crippen molar-refractivity contribution in [2.45, 2.75) is 37.9 Å². The summed E-state index contributed by atoms with van der Waals surface area (Å²) in [4.78, 5) is 24.8. The zero-order valence-electron chi connectivity index (χ0n) is 22.0. The quantitative estimate of drug-likeness (QED) is 0.130. The minimum Gasteiger partial charge on any atom is -0.491 e. The predicted octanol–water partition coefficient (Wildman–Crippen LogP) is 3.36. The van der Waals surface area contributed by atoms with Crippen LogP contribution in [0, 0.1) is 5.82 Å². The number of hydrogen-bond donors (Lipinski definition) is 3. The van der Waals surface area contributed by atoms with Crippen LogP contribution in [0.3, 0.4) is 0 Å². The fourth-order valence-electron chi connectivity index (χ4n) is 3.37. The maximum atomic E-state index is 14.7. The molecule has 3 N–H and O–H groups in total. The molecule has 0 heterocycles. The van der Waals surface area contributed by atoms with Crippen LogP contribution in [-0.2, 0) is 14.3 Å². The zero-order chi connectivity index (χ0) is 29.1. The van der Waals surface area contributed by atoms with Crippen LogP contribution in [-0.4, -0.2) is 57.5 Å². The first-order valence-electron chi connectivity index (χ1n) is 12.0. The number of carbonyl (C=O) groups is 2. The Balaban J connectivity index is 0.000000344. The van der Waals surface area contributed by atoms with Gasteiger partial charge in [0.1, 0.15) is 35.8 Å². The van der Waals surface area contributed by atoms with Gasteiger partial charge in [-0.15, -0.1) is 0 Å². The number of amides is 1. The van der Waals surface area contributed by atoms with Crippen LogP contribution in [0.15, 0.2) is 41.4 Å². The van der Waals surface area contributed by atoms with Gasteiger partial charge in [0.05, 0.1) is 18.2 Å². The highest BCUT2D eigenvalue weighted by Crippen LogP contribution is 2.48. The van der Waals surface area contributed by atoms with E-state index in [-0.39, 0.29) is 19.1 Å². The molecule has 0 bridgehead atoms. The second-order valence-electron chi connectivity index (χ2n) is 8.47. The van der Waals surface area contributed by atoms with Crippen LogP contribution >= 0.6 is 0 Å². The molecule has 1 amide bonds. The number of anilines is 2. The number of alkyl halides is 3. The third-order valence-electron chi connectivity index (χ3n) is 5.57. The Labute approximate surface area is 223 Å². The molecular weight excluding hydrogens is 520 g/mol. The fourth-order valence-corrected chi connectivity index (χ4v) is 3.37. The van der Waals surface area contributed by atoms with Crippen LogP contribution in [0.2, 0.25) is 0 Å². The lowest BCUT2D eigenvalue weighted by molar-refractivity contribution is -0.170. The normalized spacial score (nSPS) is 14.5. The Bertz CT molecular complexity index is 1260. The molecule has 212 valence electrons. The molecule has 0 radical (unpaired) electrons. The summed E-state index contributed by atoms with van der Waals surface area (Å²) in [5, 5.41) is 8.81. The van der Waals surface area contributed by atoms with Crippen molar-refractivity contribution in [3.8, 4) is 5.75 Å². The number of nitrogens with one attached hydrogen (secondary N) is 3. The minimum absolute atomic E-state index is 0.0961. The maximum Gasteiger partial charge on any atom is 0.411 e. The Hall–Kier alpha value is -3.93. The number of rotatable bonds is 11. The van der Waals surface area contributed by atoms with Gasteiger partial charge < -0.3 is 30.2 Å². The fraction of sp³-hybridized carbons (Fsp3) is 0.370. The van der Waals surface area contributed by atoms with Crippen LogP contribution < -0.4 is 31.1 Å². The Kier molecular flexibility index (Phi) is 11.5. The van der Waals surface area contributed by atoms with Crippen molar-refractivity contribution in [1.82, 2.24) is 5.32 Å². The van der Waals surface area contributed by atoms with Gasteiger partial charge in [0, 0.05) is 37.8 Å². The highest BCUT2D eigenvalue weighted by Gasteiger charge is 2.64. The van der Waals surface area contributed by atoms with E-state index < -0.39 is 29.9 Å². The minimum atomic E-state index is -4.41. The first kappa shape index (κ1) is 31.3. The van der Waals surface area contributed by atoms with Crippen LogP contribution in [0.25, 0.3) is 12.4 Å². The second-order valence-corrected chi connectivity index (χ2v) is 8.47. The van der Waals surface area contributed by atoms with E-state index in [1.165, 1.54) is 6.07 Å². The monoisotopic (exact) mass is 552 g/mol. The summed E-state index contributed by atoms with van der Waals surface area (Å²) in [7, 11) is 3.43. The van der Waals surface area contributed by atoms with Gasteiger partial charge in [-0.3, -0.25) is 4.79 Å². The largest absolute Gasteiger partial charge is 0.491 e. The van der Waals surface area contributed by atoms with Gasteiger partial charge in [0.2, 0.25) is 5.91 Å². The number of nitrogens with zero attached hydrogens (tertiary/aromatic N) is 1. The molecule has 0 aromatic heterocycles. The van der Waals surface area contributed by atoms with E-state index in [1.807, 2.05) is 36.6 Å². The van der Waals surface area contributed by atoms with E-state index in [0.717, 1.165) is 11.4 Å². The van der Waals surface area contributed by atoms with Gasteiger partial charge in [0.15, 0.2) is 0 Å². The molecular formula is C27H32F4N4O4. The molecule has 1 saturated carbocycles. The van der Waals surface area contributed by atoms with Crippen molar-refractivity contribution < 1.29 is 36.6 Å². The lowest BCUT2D eigenvalue weighted by atomic mass is 10.2. The average molecular weight is 553 g/mol. The van der Waals surface area contributed by atoms with E-state index in [0.29, 0.717) is 35.2 Å². The molecule has 1 aliphatic carbocycles. The highest BCUT2D eigenvalue weighted by atomic mass is 19.4. The van der Waals surface area contributed by atoms with Crippen molar-refractivity contribution in [1.29, 1.82) is 0 Å². The summed E-state index contributed by atoms with van der Waals surface area (Å²) >= 11 is 0. The number of carbonyl (C=O) groups excluding carboxylic acids is 2. The van der Waals surface area contributed by atoms with E-state index in [2.05, 4.69) is 22.2 Å². The molecule has 1 aliphatic rings. The number of aldehydes is 1. The Morgan fingerprint density at radius 2 is 1.79 bits per heavy atom. The van der Waals surface area contributed by atoms with Crippen molar-refractivity contribution in [3.63, 3.8) is 0 Å². The molecule has 2 aromatic rings. The third kappa shape index (κ3) is 9.10. The number of hydrogen-bond acceptors (Lipinski definition) is 7. The van der Waals surface area contributed by atoms with Gasteiger partial charge in [-0.1, -0.05) is 6.58 Å². The van der Waals surface area contributed by atoms with Crippen molar-refractivity contribution in [3.05, 3.63) is 52.7 Å². The Morgan fingerprint density at radius 3 is 2.28 bits per heavy atom. The smallest absolute Gasteiger partial charge is 0.411 e. The van der Waals surface area contributed by atoms with Crippen molar-refractivity contribution in [2.75, 3.05) is 38.0 Å².